The molecule has 1 rings (SSSR count). The van der Waals surface area contributed by atoms with E-state index < -0.39 is 0 Å². The van der Waals surface area contributed by atoms with Gasteiger partial charge < -0.3 is 0 Å². The van der Waals surface area contributed by atoms with Crippen molar-refractivity contribution in [1.82, 2.24) is 10.2 Å². The molecule has 0 spiro atoms. The molecule has 0 aromatic carbocycles. The molecule has 1 radical (unpaired) electrons. The van der Waals surface area contributed by atoms with Crippen LogP contribution in [0, 0.1) is 6.92 Å². The van der Waals surface area contributed by atoms with E-state index >= 15 is 0 Å². The van der Waals surface area contributed by atoms with E-state index in [1.807, 2.05) is 6.92 Å². The molecule has 0 amide bonds. The van der Waals surface area contributed by atoms with Crippen molar-refractivity contribution in [2.24, 2.45) is 0 Å². The Balaban J connectivity index is 3.04. The van der Waals surface area contributed by atoms with Crippen molar-refractivity contribution in [3.05, 3.63) is 5.01 Å². The minimum atomic E-state index is 0.914. The first-order valence-electron chi connectivity index (χ1n) is 1.76. The van der Waals surface area contributed by atoms with E-state index in [1.54, 1.807) is 11.3 Å². The number of hydrogen-bond acceptors (Lipinski definition) is 3. The van der Waals surface area contributed by atoms with Crippen LogP contribution >= 0.6 is 11.3 Å². The maximum atomic E-state index is 3.75. The SMILES string of the molecule is Cc1nnc([Se])s1. The Morgan fingerprint density at radius 3 is 2.43 bits per heavy atom. The van der Waals surface area contributed by atoms with Crippen LogP contribution in [0.5, 0.6) is 0 Å². The van der Waals surface area contributed by atoms with Crippen LogP contribution in [0.2, 0.25) is 0 Å². The fourth-order valence-corrected chi connectivity index (χ4v) is 1.54. The molecule has 0 aliphatic heterocycles. The van der Waals surface area contributed by atoms with Gasteiger partial charge in [0.25, 0.3) is 0 Å². The summed E-state index contributed by atoms with van der Waals surface area (Å²) in [6, 6.07) is 0. The van der Waals surface area contributed by atoms with Gasteiger partial charge in [-0.25, -0.2) is 0 Å². The second kappa shape index (κ2) is 1.90. The van der Waals surface area contributed by atoms with Gasteiger partial charge in [-0.3, -0.25) is 0 Å². The molecule has 0 bridgehead atoms. The number of aryl methyl sites for hydroxylation is 1. The topological polar surface area (TPSA) is 25.8 Å². The standard InChI is InChI=1S/C3H3N2SSe/c1-2-4-5-3(7)6-2/h1H3. The van der Waals surface area contributed by atoms with Crippen molar-refractivity contribution < 1.29 is 0 Å². The third-order valence-corrected chi connectivity index (χ3v) is 1.84. The third-order valence-electron chi connectivity index (χ3n) is 0.507. The zero-order valence-electron chi connectivity index (χ0n) is 3.71. The number of hydrogen-bond donors (Lipinski definition) is 0. The van der Waals surface area contributed by atoms with Crippen LogP contribution in [0.3, 0.4) is 0 Å². The van der Waals surface area contributed by atoms with Crippen molar-refractivity contribution in [3.8, 4) is 0 Å². The molecular weight excluding hydrogens is 175 g/mol. The molecule has 2 nitrogen and oxygen atoms in total. The molecule has 0 unspecified atom stereocenters. The minimum absolute atomic E-state index is 0.914. The summed E-state index contributed by atoms with van der Waals surface area (Å²) >= 11 is 4.33. The first kappa shape index (κ1) is 5.22. The fraction of sp³-hybridized carbons (Fsp3) is 0.333. The Morgan fingerprint density at radius 1 is 1.57 bits per heavy atom. The van der Waals surface area contributed by atoms with Crippen LogP contribution in [0.1, 0.15) is 5.01 Å². The van der Waals surface area contributed by atoms with Crippen LogP contribution < -0.4 is 3.91 Å². The number of rotatable bonds is 0. The molecule has 4 heteroatoms. The summed E-state index contributed by atoms with van der Waals surface area (Å²) in [7, 11) is 0. The molecule has 0 fully saturated rings. The maximum absolute atomic E-state index is 3.75. The van der Waals surface area contributed by atoms with Gasteiger partial charge in [0, 0.05) is 0 Å². The predicted molar refractivity (Wildman–Crippen MR) is 30.0 cm³/mol. The van der Waals surface area contributed by atoms with Crippen LogP contribution in [0.25, 0.3) is 0 Å². The molecule has 1 aromatic heterocycles. The summed E-state index contributed by atoms with van der Waals surface area (Å²) in [6.45, 7) is 1.93. The van der Waals surface area contributed by atoms with Crippen LogP contribution in [0.4, 0.5) is 0 Å². The van der Waals surface area contributed by atoms with Crippen molar-refractivity contribution >= 4 is 31.3 Å². The van der Waals surface area contributed by atoms with E-state index in [0.717, 1.165) is 8.91 Å². The van der Waals surface area contributed by atoms with Crippen molar-refractivity contribution in [3.63, 3.8) is 0 Å². The molecule has 0 aliphatic rings. The first-order chi connectivity index (χ1) is 3.29. The second-order valence-electron chi connectivity index (χ2n) is 1.09. The summed E-state index contributed by atoms with van der Waals surface area (Å²) < 4.78 is 0.914. The van der Waals surface area contributed by atoms with E-state index in [-0.39, 0.29) is 0 Å². The van der Waals surface area contributed by atoms with E-state index in [9.17, 15) is 0 Å². The van der Waals surface area contributed by atoms with Gasteiger partial charge in [0.1, 0.15) is 0 Å². The van der Waals surface area contributed by atoms with Crippen LogP contribution in [0.15, 0.2) is 0 Å². The Bertz CT molecular complexity index is 145. The Kier molecular flexibility index (Phi) is 1.42. The zero-order valence-corrected chi connectivity index (χ0v) is 6.24. The molecule has 37 valence electrons. The first-order valence-corrected chi connectivity index (χ1v) is 3.43. The summed E-state index contributed by atoms with van der Waals surface area (Å²) in [4.78, 5) is 0. The summed E-state index contributed by atoms with van der Waals surface area (Å²) in [5.41, 5.74) is 0. The molecular formula is C3H3N2SSe. The van der Waals surface area contributed by atoms with Crippen molar-refractivity contribution in [1.29, 1.82) is 0 Å². The van der Waals surface area contributed by atoms with Gasteiger partial charge in [-0.05, 0) is 0 Å². The Hall–Kier alpha value is 0.0795. The number of aromatic nitrogens is 2. The molecule has 7 heavy (non-hydrogen) atoms. The molecule has 0 saturated heterocycles. The van der Waals surface area contributed by atoms with E-state index in [1.165, 1.54) is 0 Å². The molecule has 0 N–H and O–H groups in total. The normalized spacial score (nSPS) is 9.29. The van der Waals surface area contributed by atoms with Crippen LogP contribution in [-0.2, 0) is 0 Å². The summed E-state index contributed by atoms with van der Waals surface area (Å²) in [6.07, 6.45) is 0. The van der Waals surface area contributed by atoms with Crippen LogP contribution in [-0.4, -0.2) is 26.2 Å². The Morgan fingerprint density at radius 2 is 2.29 bits per heavy atom. The molecule has 1 aromatic rings. The van der Waals surface area contributed by atoms with Gasteiger partial charge >= 0.3 is 53.4 Å². The van der Waals surface area contributed by atoms with Crippen molar-refractivity contribution in [2.75, 3.05) is 0 Å². The summed E-state index contributed by atoms with van der Waals surface area (Å²) in [5, 5.41) is 8.49. The average molecular weight is 178 g/mol. The molecule has 0 aliphatic carbocycles. The third kappa shape index (κ3) is 1.23. The second-order valence-corrected chi connectivity index (χ2v) is 3.66. The fourth-order valence-electron chi connectivity index (χ4n) is 0.278. The Labute approximate surface area is 53.8 Å². The monoisotopic (exact) mass is 179 g/mol. The zero-order chi connectivity index (χ0) is 5.28. The number of nitrogens with zero attached hydrogens (tertiary/aromatic N) is 2. The van der Waals surface area contributed by atoms with Gasteiger partial charge in [0.15, 0.2) is 0 Å². The van der Waals surface area contributed by atoms with Crippen molar-refractivity contribution in [2.45, 2.75) is 6.92 Å². The summed E-state index contributed by atoms with van der Waals surface area (Å²) in [5.74, 6) is 0. The van der Waals surface area contributed by atoms with Gasteiger partial charge in [-0.1, -0.05) is 0 Å². The van der Waals surface area contributed by atoms with E-state index in [4.69, 9.17) is 0 Å². The van der Waals surface area contributed by atoms with E-state index in [2.05, 4.69) is 26.2 Å². The average Bonchev–Trinajstić information content (AvgIpc) is 1.87. The quantitative estimate of drug-likeness (QED) is 0.507. The van der Waals surface area contributed by atoms with Gasteiger partial charge in [-0.15, -0.1) is 0 Å². The molecule has 1 heterocycles. The van der Waals surface area contributed by atoms with Gasteiger partial charge in [0.2, 0.25) is 0 Å². The molecule has 0 atom stereocenters. The van der Waals surface area contributed by atoms with Gasteiger partial charge in [0.05, 0.1) is 0 Å². The van der Waals surface area contributed by atoms with Gasteiger partial charge in [-0.2, -0.15) is 0 Å². The predicted octanol–water partition coefficient (Wildman–Crippen LogP) is -0.360. The van der Waals surface area contributed by atoms with E-state index in [0.29, 0.717) is 0 Å². The molecule has 0 saturated carbocycles.